The van der Waals surface area contributed by atoms with Gasteiger partial charge in [0.05, 0.1) is 19.2 Å². The van der Waals surface area contributed by atoms with Crippen LogP contribution in [0.2, 0.25) is 0 Å². The molecule has 0 radical (unpaired) electrons. The Balaban J connectivity index is 1.56. The van der Waals surface area contributed by atoms with Gasteiger partial charge in [-0.2, -0.15) is 0 Å². The predicted molar refractivity (Wildman–Crippen MR) is 128 cm³/mol. The second-order valence-electron chi connectivity index (χ2n) is 8.04. The highest BCUT2D eigenvalue weighted by molar-refractivity contribution is 5.89. The Labute approximate surface area is 193 Å². The molecule has 33 heavy (non-hydrogen) atoms. The SMILES string of the molecule is C#Cc1cc(CC(=O)OC)c(C)c(N(C)C(=O)OCC2c3ccccc3-c3ccccc32)c1. The first-order valence-corrected chi connectivity index (χ1v) is 10.7. The maximum atomic E-state index is 13.0. The van der Waals surface area contributed by atoms with Crippen molar-refractivity contribution in [3.05, 3.63) is 88.5 Å². The van der Waals surface area contributed by atoms with Gasteiger partial charge in [0, 0.05) is 18.5 Å². The lowest BCUT2D eigenvalue weighted by molar-refractivity contribution is -0.139. The minimum absolute atomic E-state index is 0.0252. The van der Waals surface area contributed by atoms with Crippen molar-refractivity contribution >= 4 is 17.7 Å². The van der Waals surface area contributed by atoms with Gasteiger partial charge in [-0.25, -0.2) is 4.79 Å². The van der Waals surface area contributed by atoms with E-state index >= 15 is 0 Å². The van der Waals surface area contributed by atoms with E-state index in [4.69, 9.17) is 15.9 Å². The van der Waals surface area contributed by atoms with E-state index in [9.17, 15) is 9.59 Å². The molecule has 0 bridgehead atoms. The average Bonchev–Trinajstić information content (AvgIpc) is 3.16. The van der Waals surface area contributed by atoms with Crippen molar-refractivity contribution in [1.29, 1.82) is 0 Å². The maximum Gasteiger partial charge on any atom is 0.414 e. The van der Waals surface area contributed by atoms with Gasteiger partial charge in [-0.3, -0.25) is 9.69 Å². The summed E-state index contributed by atoms with van der Waals surface area (Å²) in [4.78, 5) is 26.3. The van der Waals surface area contributed by atoms with Crippen molar-refractivity contribution in [2.24, 2.45) is 0 Å². The highest BCUT2D eigenvalue weighted by atomic mass is 16.6. The average molecular weight is 440 g/mol. The topological polar surface area (TPSA) is 55.8 Å². The van der Waals surface area contributed by atoms with Gasteiger partial charge in [0.1, 0.15) is 6.61 Å². The molecular formula is C28H25NO4. The van der Waals surface area contributed by atoms with Gasteiger partial charge >= 0.3 is 12.1 Å². The fraction of sp³-hybridized carbons (Fsp3) is 0.214. The van der Waals surface area contributed by atoms with Crippen LogP contribution in [-0.4, -0.2) is 32.8 Å². The molecule has 1 amide bonds. The molecule has 5 heteroatoms. The van der Waals surface area contributed by atoms with Crippen LogP contribution in [-0.2, 0) is 20.7 Å². The number of terminal acetylenes is 1. The van der Waals surface area contributed by atoms with Crippen LogP contribution in [0.15, 0.2) is 60.7 Å². The molecule has 5 nitrogen and oxygen atoms in total. The van der Waals surface area contributed by atoms with Crippen LogP contribution in [0, 0.1) is 19.3 Å². The van der Waals surface area contributed by atoms with Crippen molar-refractivity contribution in [3.8, 4) is 23.5 Å². The van der Waals surface area contributed by atoms with Crippen LogP contribution in [0.25, 0.3) is 11.1 Å². The maximum absolute atomic E-state index is 13.0. The molecule has 0 aliphatic heterocycles. The van der Waals surface area contributed by atoms with Crippen LogP contribution in [0.3, 0.4) is 0 Å². The highest BCUT2D eigenvalue weighted by Gasteiger charge is 2.29. The number of methoxy groups -OCH3 is 1. The largest absolute Gasteiger partial charge is 0.469 e. The van der Waals surface area contributed by atoms with Crippen molar-refractivity contribution in [2.45, 2.75) is 19.3 Å². The number of nitrogens with zero attached hydrogens (tertiary/aromatic N) is 1. The Bertz CT molecular complexity index is 1230. The minimum Gasteiger partial charge on any atom is -0.469 e. The Morgan fingerprint density at radius 2 is 1.64 bits per heavy atom. The number of benzene rings is 3. The summed E-state index contributed by atoms with van der Waals surface area (Å²) in [6, 6.07) is 19.9. The number of esters is 1. The summed E-state index contributed by atoms with van der Waals surface area (Å²) in [6.45, 7) is 2.07. The number of hydrogen-bond acceptors (Lipinski definition) is 4. The molecule has 0 fully saturated rings. The van der Waals surface area contributed by atoms with E-state index in [0.29, 0.717) is 16.8 Å². The standard InChI is InChI=1S/C28H25NO4/c1-5-19-14-20(16-27(30)32-4)18(2)26(15-19)29(3)28(31)33-17-25-23-12-8-6-10-21(23)22-11-7-9-13-24(22)25/h1,6-15,25H,16-17H2,2-4H3. The molecule has 0 unspecified atom stereocenters. The molecule has 0 saturated heterocycles. The molecule has 0 N–H and O–H groups in total. The number of fused-ring (bicyclic) bond motifs is 3. The molecule has 1 aliphatic rings. The minimum atomic E-state index is -0.488. The number of amides is 1. The second-order valence-corrected chi connectivity index (χ2v) is 8.04. The Morgan fingerprint density at radius 3 is 2.21 bits per heavy atom. The first-order valence-electron chi connectivity index (χ1n) is 10.7. The number of carbonyl (C=O) groups excluding carboxylic acids is 2. The second kappa shape index (κ2) is 9.22. The van der Waals surface area contributed by atoms with Crippen molar-refractivity contribution in [3.63, 3.8) is 0 Å². The lowest BCUT2D eigenvalue weighted by atomic mass is 9.98. The molecule has 3 aromatic rings. The van der Waals surface area contributed by atoms with Crippen LogP contribution in [0.1, 0.15) is 33.7 Å². The van der Waals surface area contributed by atoms with Crippen LogP contribution in [0.5, 0.6) is 0 Å². The normalized spacial score (nSPS) is 11.8. The van der Waals surface area contributed by atoms with E-state index < -0.39 is 6.09 Å². The Hall–Kier alpha value is -4.04. The molecule has 3 aromatic carbocycles. The summed E-state index contributed by atoms with van der Waals surface area (Å²) < 4.78 is 10.6. The van der Waals surface area contributed by atoms with Crippen LogP contribution < -0.4 is 4.90 Å². The predicted octanol–water partition coefficient (Wildman–Crippen LogP) is 5.08. The number of rotatable bonds is 5. The first-order chi connectivity index (χ1) is 15.9. The summed E-state index contributed by atoms with van der Waals surface area (Å²) in [5.74, 6) is 2.19. The molecule has 166 valence electrons. The third-order valence-electron chi connectivity index (χ3n) is 6.19. The van der Waals surface area contributed by atoms with Gasteiger partial charge in [-0.05, 0) is 52.4 Å². The summed E-state index contributed by atoms with van der Waals surface area (Å²) in [6.07, 6.45) is 5.19. The van der Waals surface area contributed by atoms with E-state index in [0.717, 1.165) is 16.7 Å². The molecule has 4 rings (SSSR count). The molecule has 1 aliphatic carbocycles. The Morgan fingerprint density at radius 1 is 1.03 bits per heavy atom. The van der Waals surface area contributed by atoms with Gasteiger partial charge in [-0.15, -0.1) is 6.42 Å². The van der Waals surface area contributed by atoms with Gasteiger partial charge in [0.15, 0.2) is 0 Å². The molecule has 0 saturated carbocycles. The molecule has 0 heterocycles. The molecular weight excluding hydrogens is 414 g/mol. The van der Waals surface area contributed by atoms with Crippen LogP contribution in [0.4, 0.5) is 10.5 Å². The zero-order valence-electron chi connectivity index (χ0n) is 18.9. The monoisotopic (exact) mass is 439 g/mol. The smallest absolute Gasteiger partial charge is 0.414 e. The van der Waals surface area contributed by atoms with Gasteiger partial charge in [0.2, 0.25) is 0 Å². The third kappa shape index (κ3) is 4.20. The summed E-state index contributed by atoms with van der Waals surface area (Å²) in [5.41, 5.74) is 7.32. The molecule has 0 spiro atoms. The van der Waals surface area contributed by atoms with Crippen molar-refractivity contribution in [1.82, 2.24) is 0 Å². The zero-order chi connectivity index (χ0) is 23.5. The van der Waals surface area contributed by atoms with Gasteiger partial charge in [-0.1, -0.05) is 54.5 Å². The summed E-state index contributed by atoms with van der Waals surface area (Å²) >= 11 is 0. The van der Waals surface area contributed by atoms with Crippen molar-refractivity contribution in [2.75, 3.05) is 25.7 Å². The van der Waals surface area contributed by atoms with Gasteiger partial charge < -0.3 is 9.47 Å². The van der Waals surface area contributed by atoms with Crippen molar-refractivity contribution < 1.29 is 19.1 Å². The van der Waals surface area contributed by atoms with Gasteiger partial charge in [0.25, 0.3) is 0 Å². The number of carbonyl (C=O) groups is 2. The van der Waals surface area contributed by atoms with E-state index in [1.807, 2.05) is 31.2 Å². The fourth-order valence-corrected chi connectivity index (χ4v) is 4.39. The molecule has 0 aromatic heterocycles. The zero-order valence-corrected chi connectivity index (χ0v) is 18.9. The third-order valence-corrected chi connectivity index (χ3v) is 6.19. The number of anilines is 1. The van der Waals surface area contributed by atoms with E-state index in [-0.39, 0.29) is 24.9 Å². The van der Waals surface area contributed by atoms with E-state index in [1.165, 1.54) is 23.1 Å². The Kier molecular flexibility index (Phi) is 6.19. The quantitative estimate of drug-likeness (QED) is 0.411. The first kappa shape index (κ1) is 22.2. The number of hydrogen-bond donors (Lipinski definition) is 0. The lowest BCUT2D eigenvalue weighted by Gasteiger charge is -2.23. The summed E-state index contributed by atoms with van der Waals surface area (Å²) in [7, 11) is 2.98. The molecule has 0 atom stereocenters. The van der Waals surface area contributed by atoms with E-state index in [1.54, 1.807) is 19.2 Å². The summed E-state index contributed by atoms with van der Waals surface area (Å²) in [5, 5.41) is 0. The van der Waals surface area contributed by atoms with E-state index in [2.05, 4.69) is 30.2 Å². The highest BCUT2D eigenvalue weighted by Crippen LogP contribution is 2.44. The fourth-order valence-electron chi connectivity index (χ4n) is 4.39. The number of ether oxygens (including phenoxy) is 2. The lowest BCUT2D eigenvalue weighted by Crippen LogP contribution is -2.29. The van der Waals surface area contributed by atoms with Crippen LogP contribution >= 0.6 is 0 Å².